The van der Waals surface area contributed by atoms with Crippen molar-refractivity contribution in [3.63, 3.8) is 0 Å². The van der Waals surface area contributed by atoms with E-state index in [9.17, 15) is 4.79 Å². The van der Waals surface area contributed by atoms with Crippen LogP contribution in [0.15, 0.2) is 0 Å². The minimum Gasteiger partial charge on any atom is -0.480 e. The maximum Gasteiger partial charge on any atom is 0.324 e. The van der Waals surface area contributed by atoms with Crippen LogP contribution in [-0.2, 0) is 4.79 Å². The van der Waals surface area contributed by atoms with Crippen molar-refractivity contribution in [2.24, 2.45) is 5.41 Å². The summed E-state index contributed by atoms with van der Waals surface area (Å²) in [5.41, 5.74) is -0.914. The Morgan fingerprint density at radius 2 is 2.08 bits per heavy atom. The molecule has 3 heteroatoms. The fourth-order valence-electron chi connectivity index (χ4n) is 1.89. The van der Waals surface area contributed by atoms with Gasteiger partial charge in [-0.2, -0.15) is 0 Å². The zero-order chi connectivity index (χ0) is 9.41. The van der Waals surface area contributed by atoms with Gasteiger partial charge in [0.1, 0.15) is 5.54 Å². The lowest BCUT2D eigenvalue weighted by atomic mass is 9.73. The van der Waals surface area contributed by atoms with E-state index in [2.05, 4.69) is 5.32 Å². The quantitative estimate of drug-likeness (QED) is 0.624. The Balaban J connectivity index is 2.94. The summed E-state index contributed by atoms with van der Waals surface area (Å²) in [6.07, 6.45) is 1.70. The Morgan fingerprint density at radius 1 is 1.50 bits per heavy atom. The van der Waals surface area contributed by atoms with Crippen LogP contribution in [0.4, 0.5) is 0 Å². The van der Waals surface area contributed by atoms with Crippen molar-refractivity contribution < 1.29 is 9.90 Å². The molecule has 0 radical (unpaired) electrons. The van der Waals surface area contributed by atoms with Crippen LogP contribution in [0.2, 0.25) is 0 Å². The Labute approximate surface area is 73.2 Å². The molecule has 0 spiro atoms. The molecule has 1 aliphatic heterocycles. The monoisotopic (exact) mass is 171 g/mol. The summed E-state index contributed by atoms with van der Waals surface area (Å²) in [5, 5.41) is 12.2. The summed E-state index contributed by atoms with van der Waals surface area (Å²) in [7, 11) is 0. The van der Waals surface area contributed by atoms with Gasteiger partial charge in [-0.15, -0.1) is 0 Å². The minimum absolute atomic E-state index is 0.213. The number of carboxylic acid groups (broad SMARTS) is 1. The van der Waals surface area contributed by atoms with Gasteiger partial charge in [0.05, 0.1) is 0 Å². The second-order valence-electron chi connectivity index (χ2n) is 4.49. The van der Waals surface area contributed by atoms with Gasteiger partial charge >= 0.3 is 5.97 Å². The zero-order valence-corrected chi connectivity index (χ0v) is 7.98. The first-order valence-electron chi connectivity index (χ1n) is 4.38. The lowest BCUT2D eigenvalue weighted by Gasteiger charge is -2.37. The first-order valence-corrected chi connectivity index (χ1v) is 4.38. The van der Waals surface area contributed by atoms with E-state index in [0.717, 1.165) is 19.4 Å². The van der Waals surface area contributed by atoms with Gasteiger partial charge in [-0.05, 0) is 24.8 Å². The van der Waals surface area contributed by atoms with E-state index in [1.165, 1.54) is 0 Å². The number of hydrogen-bond donors (Lipinski definition) is 2. The number of nitrogens with one attached hydrogen (secondary N) is 1. The summed E-state index contributed by atoms with van der Waals surface area (Å²) >= 11 is 0. The van der Waals surface area contributed by atoms with E-state index in [1.807, 2.05) is 20.8 Å². The van der Waals surface area contributed by atoms with Crippen molar-refractivity contribution in [2.45, 2.75) is 39.2 Å². The Hall–Kier alpha value is -0.570. The molecule has 0 aliphatic carbocycles. The maximum absolute atomic E-state index is 11.1. The molecule has 1 rings (SSSR count). The van der Waals surface area contributed by atoms with Gasteiger partial charge in [0, 0.05) is 0 Å². The topological polar surface area (TPSA) is 49.3 Å². The number of aliphatic carboxylic acids is 1. The van der Waals surface area contributed by atoms with Gasteiger partial charge in [-0.25, -0.2) is 0 Å². The third-order valence-corrected chi connectivity index (χ3v) is 2.80. The largest absolute Gasteiger partial charge is 0.480 e. The van der Waals surface area contributed by atoms with E-state index in [1.54, 1.807) is 0 Å². The van der Waals surface area contributed by atoms with Crippen molar-refractivity contribution in [2.75, 3.05) is 6.54 Å². The lowest BCUT2D eigenvalue weighted by Crippen LogP contribution is -2.57. The van der Waals surface area contributed by atoms with E-state index in [-0.39, 0.29) is 5.41 Å². The molecule has 1 heterocycles. The summed E-state index contributed by atoms with van der Waals surface area (Å²) in [4.78, 5) is 11.1. The van der Waals surface area contributed by atoms with Crippen molar-refractivity contribution in [1.82, 2.24) is 5.32 Å². The highest BCUT2D eigenvalue weighted by molar-refractivity contribution is 5.80. The molecule has 2 N–H and O–H groups in total. The van der Waals surface area contributed by atoms with Gasteiger partial charge in [0.2, 0.25) is 0 Å². The highest BCUT2D eigenvalue weighted by atomic mass is 16.4. The van der Waals surface area contributed by atoms with Crippen molar-refractivity contribution in [3.05, 3.63) is 0 Å². The SMILES string of the molecule is CC(C)(C)[C@]1(C(=O)O)CCCN1. The normalized spacial score (nSPS) is 30.6. The molecule has 0 amide bonds. The highest BCUT2D eigenvalue weighted by Crippen LogP contribution is 2.37. The van der Waals surface area contributed by atoms with E-state index in [0.29, 0.717) is 0 Å². The second kappa shape index (κ2) is 2.73. The predicted molar refractivity (Wildman–Crippen MR) is 47.1 cm³/mol. The Morgan fingerprint density at radius 3 is 2.25 bits per heavy atom. The standard InChI is InChI=1S/C9H17NO2/c1-8(2,3)9(7(11)12)5-4-6-10-9/h10H,4-6H2,1-3H3,(H,11,12)/t9-/m1/s1. The van der Waals surface area contributed by atoms with Crippen LogP contribution in [-0.4, -0.2) is 23.2 Å². The maximum atomic E-state index is 11.1. The average Bonchev–Trinajstić information content (AvgIpc) is 2.31. The third kappa shape index (κ3) is 1.22. The third-order valence-electron chi connectivity index (χ3n) is 2.80. The van der Waals surface area contributed by atoms with Gasteiger partial charge in [0.15, 0.2) is 0 Å². The molecule has 1 saturated heterocycles. The molecule has 0 aromatic carbocycles. The Kier molecular flexibility index (Phi) is 2.17. The molecule has 1 fully saturated rings. The number of hydrogen-bond acceptors (Lipinski definition) is 2. The second-order valence-corrected chi connectivity index (χ2v) is 4.49. The van der Waals surface area contributed by atoms with Crippen molar-refractivity contribution in [1.29, 1.82) is 0 Å². The molecule has 1 atom stereocenters. The number of carbonyl (C=O) groups is 1. The van der Waals surface area contributed by atoms with Crippen molar-refractivity contribution >= 4 is 5.97 Å². The van der Waals surface area contributed by atoms with Crippen LogP contribution in [0.25, 0.3) is 0 Å². The van der Waals surface area contributed by atoms with Crippen LogP contribution in [0.5, 0.6) is 0 Å². The summed E-state index contributed by atoms with van der Waals surface area (Å²) in [5.74, 6) is -0.715. The molecule has 0 aromatic heterocycles. The molecule has 1 aliphatic rings. The van der Waals surface area contributed by atoms with Crippen LogP contribution in [0.1, 0.15) is 33.6 Å². The van der Waals surface area contributed by atoms with E-state index in [4.69, 9.17) is 5.11 Å². The fraction of sp³-hybridized carbons (Fsp3) is 0.889. The number of carboxylic acids is 1. The zero-order valence-electron chi connectivity index (χ0n) is 7.98. The van der Waals surface area contributed by atoms with Crippen LogP contribution < -0.4 is 5.32 Å². The molecular formula is C9H17NO2. The summed E-state index contributed by atoms with van der Waals surface area (Å²) in [6.45, 7) is 6.74. The Bertz CT molecular complexity index is 187. The van der Waals surface area contributed by atoms with Crippen LogP contribution >= 0.6 is 0 Å². The minimum atomic E-state index is -0.715. The molecule has 0 bridgehead atoms. The first-order chi connectivity index (χ1) is 5.40. The van der Waals surface area contributed by atoms with Gasteiger partial charge in [-0.3, -0.25) is 4.79 Å². The highest BCUT2D eigenvalue weighted by Gasteiger charge is 2.50. The molecule has 0 aromatic rings. The molecule has 3 nitrogen and oxygen atoms in total. The van der Waals surface area contributed by atoms with E-state index < -0.39 is 11.5 Å². The van der Waals surface area contributed by atoms with Gasteiger partial charge in [-0.1, -0.05) is 20.8 Å². The molecule has 12 heavy (non-hydrogen) atoms. The summed E-state index contributed by atoms with van der Waals surface area (Å²) < 4.78 is 0. The average molecular weight is 171 g/mol. The lowest BCUT2D eigenvalue weighted by molar-refractivity contribution is -0.149. The smallest absolute Gasteiger partial charge is 0.324 e. The predicted octanol–water partition coefficient (Wildman–Crippen LogP) is 1.24. The molecule has 0 unspecified atom stereocenters. The molecule has 70 valence electrons. The van der Waals surface area contributed by atoms with Crippen LogP contribution in [0, 0.1) is 5.41 Å². The van der Waals surface area contributed by atoms with Crippen molar-refractivity contribution in [3.8, 4) is 0 Å². The number of rotatable bonds is 1. The summed E-state index contributed by atoms with van der Waals surface area (Å²) in [6, 6.07) is 0. The molecule has 0 saturated carbocycles. The van der Waals surface area contributed by atoms with E-state index >= 15 is 0 Å². The fourth-order valence-corrected chi connectivity index (χ4v) is 1.89. The van der Waals surface area contributed by atoms with Gasteiger partial charge in [0.25, 0.3) is 0 Å². The van der Waals surface area contributed by atoms with Gasteiger partial charge < -0.3 is 10.4 Å². The molecular weight excluding hydrogens is 154 g/mol. The first kappa shape index (κ1) is 9.52. The van der Waals surface area contributed by atoms with Crippen LogP contribution in [0.3, 0.4) is 0 Å².